The molecule has 0 heterocycles. The van der Waals surface area contributed by atoms with E-state index in [1.54, 1.807) is 0 Å². The molecular weight excluding hydrogens is 733 g/mol. The highest BCUT2D eigenvalue weighted by atomic mass is 14.3. The fraction of sp³-hybridized carbons (Fsp3) is 1.00. The van der Waals surface area contributed by atoms with Gasteiger partial charge in [-0.25, -0.2) is 0 Å². The van der Waals surface area contributed by atoms with Crippen LogP contribution in [0.3, 0.4) is 0 Å². The van der Waals surface area contributed by atoms with Crippen molar-refractivity contribution in [2.24, 2.45) is 107 Å². The lowest BCUT2D eigenvalue weighted by molar-refractivity contribution is 0.212. The van der Waals surface area contributed by atoms with Crippen LogP contribution in [0.2, 0.25) is 0 Å². The number of hydrogen-bond donors (Lipinski definition) is 0. The highest BCUT2D eigenvalue weighted by molar-refractivity contribution is 4.69. The first-order chi connectivity index (χ1) is 27.6. The van der Waals surface area contributed by atoms with Crippen LogP contribution in [0.4, 0.5) is 0 Å². The van der Waals surface area contributed by atoms with Gasteiger partial charge in [-0.3, -0.25) is 0 Å². The molecule has 0 fully saturated rings. The third-order valence-electron chi connectivity index (χ3n) is 12.2. The third-order valence-corrected chi connectivity index (χ3v) is 12.2. The lowest BCUT2D eigenvalue weighted by atomic mass is 9.78. The van der Waals surface area contributed by atoms with Crippen molar-refractivity contribution in [2.45, 2.75) is 292 Å². The van der Waals surface area contributed by atoms with Crippen LogP contribution in [0.1, 0.15) is 292 Å². The van der Waals surface area contributed by atoms with Crippen LogP contribution in [-0.4, -0.2) is 0 Å². The first-order valence-corrected chi connectivity index (χ1v) is 27.6. The first-order valence-electron chi connectivity index (χ1n) is 27.6. The van der Waals surface area contributed by atoms with Crippen molar-refractivity contribution >= 4 is 0 Å². The summed E-state index contributed by atoms with van der Waals surface area (Å²) in [5.74, 6) is 15.7. The van der Waals surface area contributed by atoms with E-state index in [1.165, 1.54) is 70.6 Å². The standard InChI is InChI=1S/2C10H22.2C9H20.2C8H18.C7H16/c1-7(2)10(8(3)4)9(5)6;1-9(2)7-5-6-8-10(3)4;1-8(2)6-5-7-9(3)4;1-6-9(7(2)3)8(4)5;1-7(2)5-6-8(3)4;1-6(2)8(5)7(3)4;1-6(2)5-7(3)4/h7-10H,1-6H3;9-10H,5-8H2,1-4H3;8-9H,5-7H2,1-4H3;7-9H,6H2,1-5H3;7-8H,5-6H2,1-4H3;6-8H,1-5H3;6-7H,5H2,1-4H3. The fourth-order valence-electron chi connectivity index (χ4n) is 8.44. The molecule has 0 aliphatic heterocycles. The molecule has 0 saturated carbocycles. The Bertz CT molecular complexity index is 686. The van der Waals surface area contributed by atoms with Crippen molar-refractivity contribution in [2.75, 3.05) is 0 Å². The summed E-state index contributed by atoms with van der Waals surface area (Å²) in [4.78, 5) is 0. The second-order valence-corrected chi connectivity index (χ2v) is 25.4. The van der Waals surface area contributed by atoms with Crippen LogP contribution in [-0.2, 0) is 0 Å². The first kappa shape index (κ1) is 75.3. The zero-order valence-electron chi connectivity index (χ0n) is 50.2. The van der Waals surface area contributed by atoms with Crippen molar-refractivity contribution in [3.8, 4) is 0 Å². The van der Waals surface area contributed by atoms with Crippen LogP contribution in [0.25, 0.3) is 0 Å². The van der Waals surface area contributed by atoms with Crippen LogP contribution < -0.4 is 0 Å². The summed E-state index contributed by atoms with van der Waals surface area (Å²) < 4.78 is 0. The third kappa shape index (κ3) is 74.6. The maximum Gasteiger partial charge on any atom is -0.0345 e. The molecule has 0 amide bonds. The summed E-state index contributed by atoms with van der Waals surface area (Å²) in [5.41, 5.74) is 0. The summed E-state index contributed by atoms with van der Waals surface area (Å²) >= 11 is 0. The van der Waals surface area contributed by atoms with Crippen molar-refractivity contribution in [3.05, 3.63) is 0 Å². The maximum absolute atomic E-state index is 2.32. The Morgan fingerprint density at radius 1 is 0.230 bits per heavy atom. The van der Waals surface area contributed by atoms with Crippen LogP contribution >= 0.6 is 0 Å². The zero-order chi connectivity index (χ0) is 50.2. The quantitative estimate of drug-likeness (QED) is 0.0951. The molecule has 0 heteroatoms. The van der Waals surface area contributed by atoms with Gasteiger partial charge < -0.3 is 0 Å². The van der Waals surface area contributed by atoms with E-state index in [4.69, 9.17) is 0 Å². The minimum Gasteiger partial charge on any atom is -0.0651 e. The normalized spacial score (nSPS) is 11.7. The van der Waals surface area contributed by atoms with Crippen molar-refractivity contribution in [1.82, 2.24) is 0 Å². The average molecular weight is 870 g/mol. The summed E-state index contributed by atoms with van der Waals surface area (Å²) in [6, 6.07) is 0. The molecule has 0 aromatic carbocycles. The van der Waals surface area contributed by atoms with Crippen molar-refractivity contribution < 1.29 is 0 Å². The molecular formula is C61H136. The molecule has 0 saturated heterocycles. The molecule has 380 valence electrons. The number of unbranched alkanes of at least 4 members (excludes halogenated alkanes) is 1. The van der Waals surface area contributed by atoms with Gasteiger partial charge in [0.2, 0.25) is 0 Å². The van der Waals surface area contributed by atoms with Gasteiger partial charge in [0.25, 0.3) is 0 Å². The maximum atomic E-state index is 2.32. The second kappa shape index (κ2) is 49.4. The average Bonchev–Trinajstić information content (AvgIpc) is 3.05. The molecule has 0 atom stereocenters. The molecule has 0 radical (unpaired) electrons. The molecule has 0 aromatic heterocycles. The van der Waals surface area contributed by atoms with Crippen molar-refractivity contribution in [3.63, 3.8) is 0 Å². The Morgan fingerprint density at radius 3 is 0.541 bits per heavy atom. The molecule has 0 rings (SSSR count). The predicted molar refractivity (Wildman–Crippen MR) is 295 cm³/mol. The van der Waals surface area contributed by atoms with E-state index in [0.29, 0.717) is 0 Å². The highest BCUT2D eigenvalue weighted by Gasteiger charge is 2.20. The monoisotopic (exact) mass is 869 g/mol. The zero-order valence-corrected chi connectivity index (χ0v) is 50.2. The van der Waals surface area contributed by atoms with E-state index < -0.39 is 0 Å². The molecule has 0 spiro atoms. The molecule has 0 N–H and O–H groups in total. The van der Waals surface area contributed by atoms with Gasteiger partial charge >= 0.3 is 0 Å². The van der Waals surface area contributed by atoms with E-state index in [-0.39, 0.29) is 0 Å². The van der Waals surface area contributed by atoms with Crippen LogP contribution in [0.15, 0.2) is 0 Å². The number of rotatable bonds is 22. The minimum absolute atomic E-state index is 0.833. The summed E-state index contributed by atoms with van der Waals surface area (Å²) in [7, 11) is 0. The Hall–Kier alpha value is 0. The molecule has 0 aliphatic rings. The Morgan fingerprint density at radius 2 is 0.459 bits per heavy atom. The number of hydrogen-bond acceptors (Lipinski definition) is 0. The predicted octanol–water partition coefficient (Wildman–Crippen LogP) is 22.9. The van der Waals surface area contributed by atoms with E-state index >= 15 is 0 Å². The van der Waals surface area contributed by atoms with Gasteiger partial charge in [0.15, 0.2) is 0 Å². The minimum atomic E-state index is 0.833. The molecule has 0 nitrogen and oxygen atoms in total. The van der Waals surface area contributed by atoms with Crippen molar-refractivity contribution in [1.29, 1.82) is 0 Å². The van der Waals surface area contributed by atoms with Crippen LogP contribution in [0.5, 0.6) is 0 Å². The molecule has 0 aromatic rings. The van der Waals surface area contributed by atoms with E-state index in [9.17, 15) is 0 Å². The molecule has 0 bridgehead atoms. The van der Waals surface area contributed by atoms with Gasteiger partial charge in [-0.15, -0.1) is 0 Å². The fourth-order valence-corrected chi connectivity index (χ4v) is 8.44. The lowest BCUT2D eigenvalue weighted by Crippen LogP contribution is -2.21. The summed E-state index contributed by atoms with van der Waals surface area (Å²) in [6.45, 7) is 73.5. The molecule has 61 heavy (non-hydrogen) atoms. The Labute approximate surface area is 397 Å². The highest BCUT2D eigenvalue weighted by Crippen LogP contribution is 2.28. The molecule has 0 aliphatic carbocycles. The Kier molecular flexibility index (Phi) is 61.0. The van der Waals surface area contributed by atoms with Crippen LogP contribution in [0, 0.1) is 107 Å². The van der Waals surface area contributed by atoms with E-state index in [2.05, 4.69) is 222 Å². The van der Waals surface area contributed by atoms with Gasteiger partial charge in [0, 0.05) is 0 Å². The lowest BCUT2D eigenvalue weighted by Gasteiger charge is -2.28. The van der Waals surface area contributed by atoms with Gasteiger partial charge in [-0.2, -0.15) is 0 Å². The second-order valence-electron chi connectivity index (χ2n) is 25.4. The van der Waals surface area contributed by atoms with Gasteiger partial charge in [-0.1, -0.05) is 286 Å². The van der Waals surface area contributed by atoms with Gasteiger partial charge in [0.1, 0.15) is 0 Å². The van der Waals surface area contributed by atoms with E-state index in [0.717, 1.165) is 107 Å². The van der Waals surface area contributed by atoms with E-state index in [1.807, 2.05) is 0 Å². The SMILES string of the molecule is CC(C)C(C(C)C)C(C)C.CC(C)C(C)C(C)C.CC(C)CC(C)C.CC(C)CCC(C)C.CC(C)CCCC(C)C.CC(C)CCCCC(C)C.CCC(C(C)C)C(C)C. The summed E-state index contributed by atoms with van der Waals surface area (Å²) in [6.07, 6.45) is 15.3. The largest absolute Gasteiger partial charge is 0.0651 e. The summed E-state index contributed by atoms with van der Waals surface area (Å²) in [5, 5.41) is 0. The Balaban J connectivity index is -0.000000112. The van der Waals surface area contributed by atoms with Gasteiger partial charge in [0.05, 0.1) is 0 Å². The van der Waals surface area contributed by atoms with Gasteiger partial charge in [-0.05, 0) is 113 Å². The molecule has 0 unspecified atom stereocenters. The smallest absolute Gasteiger partial charge is 0.0345 e. The topological polar surface area (TPSA) is 0 Å².